The molecule has 1 aliphatic heterocycles. The SMILES string of the molecule is CC(C(=O)Nc1nccs1)N1C(=O)/C(=C/c2ccc(O)cc2O)SC1=S. The van der Waals surface area contributed by atoms with Gasteiger partial charge in [0.1, 0.15) is 21.9 Å². The van der Waals surface area contributed by atoms with Gasteiger partial charge < -0.3 is 15.5 Å². The van der Waals surface area contributed by atoms with Crippen molar-refractivity contribution in [1.82, 2.24) is 9.88 Å². The zero-order valence-electron chi connectivity index (χ0n) is 13.4. The van der Waals surface area contributed by atoms with Crippen LogP contribution in [0.5, 0.6) is 11.5 Å². The van der Waals surface area contributed by atoms with E-state index in [1.54, 1.807) is 18.5 Å². The summed E-state index contributed by atoms with van der Waals surface area (Å²) in [5.41, 5.74) is 0.364. The molecule has 1 aromatic heterocycles. The highest BCUT2D eigenvalue weighted by atomic mass is 32.2. The maximum atomic E-state index is 12.7. The number of thiazole rings is 1. The van der Waals surface area contributed by atoms with E-state index in [4.69, 9.17) is 12.2 Å². The van der Waals surface area contributed by atoms with Gasteiger partial charge in [-0.3, -0.25) is 14.5 Å². The fourth-order valence-electron chi connectivity index (χ4n) is 2.22. The average Bonchev–Trinajstić information content (AvgIpc) is 3.18. The number of rotatable bonds is 4. The molecule has 0 radical (unpaired) electrons. The highest BCUT2D eigenvalue weighted by molar-refractivity contribution is 8.26. The fourth-order valence-corrected chi connectivity index (χ4v) is 4.16. The molecule has 0 aliphatic carbocycles. The minimum atomic E-state index is -0.814. The molecule has 1 saturated heterocycles. The first-order valence-corrected chi connectivity index (χ1v) is 9.46. The van der Waals surface area contributed by atoms with Crippen molar-refractivity contribution in [3.05, 3.63) is 40.2 Å². The van der Waals surface area contributed by atoms with Gasteiger partial charge in [0.2, 0.25) is 5.91 Å². The van der Waals surface area contributed by atoms with E-state index >= 15 is 0 Å². The lowest BCUT2D eigenvalue weighted by atomic mass is 10.1. The quantitative estimate of drug-likeness (QED) is 0.529. The second-order valence-corrected chi connectivity index (χ2v) is 7.87. The number of hydrogen-bond acceptors (Lipinski definition) is 8. The highest BCUT2D eigenvalue weighted by Crippen LogP contribution is 2.36. The normalized spacial score (nSPS) is 17.0. The van der Waals surface area contributed by atoms with E-state index in [0.717, 1.165) is 11.8 Å². The molecule has 10 heteroatoms. The molecule has 7 nitrogen and oxygen atoms in total. The van der Waals surface area contributed by atoms with E-state index in [2.05, 4.69) is 10.3 Å². The third kappa shape index (κ3) is 3.71. The molecule has 1 fully saturated rings. The van der Waals surface area contributed by atoms with Gasteiger partial charge in [0, 0.05) is 23.2 Å². The van der Waals surface area contributed by atoms with Gasteiger partial charge in [-0.2, -0.15) is 0 Å². The number of aromatic hydroxyl groups is 2. The zero-order chi connectivity index (χ0) is 18.8. The first-order valence-electron chi connectivity index (χ1n) is 7.36. The lowest BCUT2D eigenvalue weighted by Gasteiger charge is -2.21. The molecule has 0 spiro atoms. The lowest BCUT2D eigenvalue weighted by molar-refractivity contribution is -0.129. The third-order valence-electron chi connectivity index (χ3n) is 3.55. The molecule has 2 heterocycles. The molecule has 0 saturated carbocycles. The van der Waals surface area contributed by atoms with Crippen LogP contribution in [0.1, 0.15) is 12.5 Å². The predicted molar refractivity (Wildman–Crippen MR) is 105 cm³/mol. The number of nitrogens with zero attached hydrogens (tertiary/aromatic N) is 2. The van der Waals surface area contributed by atoms with Crippen molar-refractivity contribution in [3.8, 4) is 11.5 Å². The highest BCUT2D eigenvalue weighted by Gasteiger charge is 2.38. The summed E-state index contributed by atoms with van der Waals surface area (Å²) in [6, 6.07) is 3.24. The number of carbonyl (C=O) groups excluding carboxylic acids is 2. The fraction of sp³-hybridized carbons (Fsp3) is 0.125. The minimum absolute atomic E-state index is 0.0836. The Morgan fingerprint density at radius 2 is 2.19 bits per heavy atom. The summed E-state index contributed by atoms with van der Waals surface area (Å²) < 4.78 is 0.251. The van der Waals surface area contributed by atoms with Gasteiger partial charge in [0.25, 0.3) is 5.91 Å². The topological polar surface area (TPSA) is 103 Å². The van der Waals surface area contributed by atoms with Crippen molar-refractivity contribution in [2.24, 2.45) is 0 Å². The molecule has 1 atom stereocenters. The van der Waals surface area contributed by atoms with E-state index in [9.17, 15) is 19.8 Å². The van der Waals surface area contributed by atoms with Crippen molar-refractivity contribution in [2.45, 2.75) is 13.0 Å². The van der Waals surface area contributed by atoms with Gasteiger partial charge in [-0.15, -0.1) is 11.3 Å². The maximum absolute atomic E-state index is 12.7. The van der Waals surface area contributed by atoms with E-state index in [0.29, 0.717) is 10.7 Å². The molecule has 1 unspecified atom stereocenters. The molecule has 26 heavy (non-hydrogen) atoms. The molecule has 3 N–H and O–H groups in total. The van der Waals surface area contributed by atoms with Crippen LogP contribution in [0.4, 0.5) is 5.13 Å². The van der Waals surface area contributed by atoms with E-state index in [1.165, 1.54) is 40.5 Å². The van der Waals surface area contributed by atoms with Gasteiger partial charge in [-0.05, 0) is 25.1 Å². The molecule has 2 aromatic rings. The monoisotopic (exact) mass is 407 g/mol. The summed E-state index contributed by atoms with van der Waals surface area (Å²) in [4.78, 5) is 30.5. The smallest absolute Gasteiger partial charge is 0.266 e. The average molecular weight is 407 g/mol. The summed E-state index contributed by atoms with van der Waals surface area (Å²) in [6.45, 7) is 1.58. The van der Waals surface area contributed by atoms with Gasteiger partial charge in [-0.1, -0.05) is 24.0 Å². The summed E-state index contributed by atoms with van der Waals surface area (Å²) in [6.07, 6.45) is 3.04. The second kappa shape index (κ2) is 7.44. The Morgan fingerprint density at radius 1 is 1.42 bits per heavy atom. The van der Waals surface area contributed by atoms with E-state index in [-0.39, 0.29) is 20.7 Å². The number of aromatic nitrogens is 1. The Hall–Kier alpha value is -2.43. The molecule has 0 bridgehead atoms. The Balaban J connectivity index is 1.79. The summed E-state index contributed by atoms with van der Waals surface area (Å²) in [5, 5.41) is 24.0. The van der Waals surface area contributed by atoms with Crippen LogP contribution in [-0.2, 0) is 9.59 Å². The number of thiocarbonyl (C=S) groups is 1. The summed E-state index contributed by atoms with van der Waals surface area (Å²) >= 11 is 7.56. The van der Waals surface area contributed by atoms with Crippen molar-refractivity contribution in [2.75, 3.05) is 5.32 Å². The number of thioether (sulfide) groups is 1. The molecule has 134 valence electrons. The number of benzene rings is 1. The zero-order valence-corrected chi connectivity index (χ0v) is 15.8. The predicted octanol–water partition coefficient (Wildman–Crippen LogP) is 2.78. The van der Waals surface area contributed by atoms with Crippen LogP contribution < -0.4 is 5.32 Å². The van der Waals surface area contributed by atoms with Crippen LogP contribution in [0.2, 0.25) is 0 Å². The minimum Gasteiger partial charge on any atom is -0.508 e. The van der Waals surface area contributed by atoms with Crippen LogP contribution in [0, 0.1) is 0 Å². The summed E-state index contributed by atoms with van der Waals surface area (Å²) in [5.74, 6) is -1.07. The maximum Gasteiger partial charge on any atom is 0.266 e. The largest absolute Gasteiger partial charge is 0.508 e. The summed E-state index contributed by atoms with van der Waals surface area (Å²) in [7, 11) is 0. The number of nitrogens with one attached hydrogen (secondary N) is 1. The van der Waals surface area contributed by atoms with Crippen molar-refractivity contribution >= 4 is 62.7 Å². The number of amides is 2. The molecular formula is C16H13N3O4S3. The number of phenolic OH excluding ortho intramolecular Hbond substituents is 2. The van der Waals surface area contributed by atoms with Gasteiger partial charge in [0.15, 0.2) is 5.13 Å². The van der Waals surface area contributed by atoms with Crippen molar-refractivity contribution in [1.29, 1.82) is 0 Å². The first kappa shape index (κ1) is 18.4. The lowest BCUT2D eigenvalue weighted by Crippen LogP contribution is -2.44. The first-order chi connectivity index (χ1) is 12.4. The van der Waals surface area contributed by atoms with Crippen LogP contribution in [-0.4, -0.2) is 42.3 Å². The standard InChI is InChI=1S/C16H13N3O4S3/c1-8(13(22)18-15-17-4-5-25-15)19-14(23)12(26-16(19)24)6-9-2-3-10(20)7-11(9)21/h2-8,20-21H,1H3,(H,17,18,22)/b12-6-. The van der Waals surface area contributed by atoms with Crippen LogP contribution in [0.3, 0.4) is 0 Å². The molecule has 2 amide bonds. The molecular weight excluding hydrogens is 394 g/mol. The van der Waals surface area contributed by atoms with Gasteiger partial charge >= 0.3 is 0 Å². The Morgan fingerprint density at radius 3 is 2.85 bits per heavy atom. The van der Waals surface area contributed by atoms with E-state index in [1.807, 2.05) is 0 Å². The van der Waals surface area contributed by atoms with Crippen molar-refractivity contribution < 1.29 is 19.8 Å². The molecule has 1 aromatic carbocycles. The second-order valence-electron chi connectivity index (χ2n) is 5.30. The third-order valence-corrected chi connectivity index (χ3v) is 5.57. The number of anilines is 1. The number of hydrogen-bond donors (Lipinski definition) is 3. The Bertz CT molecular complexity index is 911. The Labute approximate surface area is 162 Å². The molecule has 1 aliphatic rings. The van der Waals surface area contributed by atoms with E-state index < -0.39 is 17.9 Å². The van der Waals surface area contributed by atoms with Gasteiger partial charge in [-0.25, -0.2) is 4.98 Å². The number of phenols is 2. The number of carbonyl (C=O) groups is 2. The van der Waals surface area contributed by atoms with Crippen LogP contribution in [0.25, 0.3) is 6.08 Å². The van der Waals surface area contributed by atoms with Crippen LogP contribution in [0.15, 0.2) is 34.7 Å². The Kier molecular flexibility index (Phi) is 5.25. The van der Waals surface area contributed by atoms with Crippen LogP contribution >= 0.6 is 35.3 Å². The van der Waals surface area contributed by atoms with Gasteiger partial charge in [0.05, 0.1) is 4.91 Å². The van der Waals surface area contributed by atoms with Crippen molar-refractivity contribution in [3.63, 3.8) is 0 Å². The molecule has 3 rings (SSSR count).